The molecule has 0 saturated carbocycles. The number of carbonyl (C=O) groups is 2. The highest BCUT2D eigenvalue weighted by molar-refractivity contribution is 5.92. The summed E-state index contributed by atoms with van der Waals surface area (Å²) in [6.45, 7) is 6.58. The molecular formula is C21H28N4O4. The number of nitrogens with one attached hydrogen (secondary N) is 1. The Bertz CT molecular complexity index is 854. The normalized spacial score (nSPS) is 17.0. The fourth-order valence-corrected chi connectivity index (χ4v) is 3.17. The molecule has 1 aromatic heterocycles. The molecule has 1 saturated heterocycles. The van der Waals surface area contributed by atoms with Crippen molar-refractivity contribution in [3.05, 3.63) is 42.2 Å². The van der Waals surface area contributed by atoms with Crippen LogP contribution in [0.4, 0.5) is 4.79 Å². The average Bonchev–Trinajstić information content (AvgIpc) is 3.17. The van der Waals surface area contributed by atoms with Crippen molar-refractivity contribution >= 4 is 12.0 Å². The zero-order valence-electron chi connectivity index (χ0n) is 17.3. The molecule has 3 rings (SSSR count). The average molecular weight is 400 g/mol. The van der Waals surface area contributed by atoms with Gasteiger partial charge in [-0.15, -0.1) is 0 Å². The third-order valence-corrected chi connectivity index (χ3v) is 4.57. The number of benzene rings is 1. The van der Waals surface area contributed by atoms with Crippen molar-refractivity contribution in [3.63, 3.8) is 0 Å². The van der Waals surface area contributed by atoms with Gasteiger partial charge in [0.15, 0.2) is 5.69 Å². The fourth-order valence-electron chi connectivity index (χ4n) is 3.17. The van der Waals surface area contributed by atoms with E-state index < -0.39 is 5.60 Å². The Balaban J connectivity index is 1.60. The molecule has 0 spiro atoms. The van der Waals surface area contributed by atoms with Gasteiger partial charge in [0.2, 0.25) is 0 Å². The second kappa shape index (κ2) is 8.55. The van der Waals surface area contributed by atoms with Crippen molar-refractivity contribution in [1.29, 1.82) is 0 Å². The third kappa shape index (κ3) is 5.49. The lowest BCUT2D eigenvalue weighted by Gasteiger charge is -2.34. The van der Waals surface area contributed by atoms with E-state index >= 15 is 0 Å². The molecule has 0 bridgehead atoms. The highest BCUT2D eigenvalue weighted by atomic mass is 16.6. The number of aromatic nitrogens is 2. The van der Waals surface area contributed by atoms with E-state index in [-0.39, 0.29) is 18.0 Å². The molecule has 1 aliphatic heterocycles. The van der Waals surface area contributed by atoms with Crippen molar-refractivity contribution in [2.75, 3.05) is 20.2 Å². The van der Waals surface area contributed by atoms with Crippen LogP contribution in [0.5, 0.6) is 5.75 Å². The van der Waals surface area contributed by atoms with Gasteiger partial charge in [0.05, 0.1) is 12.8 Å². The molecular weight excluding hydrogens is 372 g/mol. The fraction of sp³-hybridized carbons (Fsp3) is 0.476. The predicted octanol–water partition coefficient (Wildman–Crippen LogP) is 3.01. The number of amides is 2. The summed E-state index contributed by atoms with van der Waals surface area (Å²) in [6, 6.07) is 8.96. The molecule has 2 heterocycles. The Morgan fingerprint density at radius 1 is 1.17 bits per heavy atom. The molecule has 29 heavy (non-hydrogen) atoms. The predicted molar refractivity (Wildman–Crippen MR) is 108 cm³/mol. The van der Waals surface area contributed by atoms with Crippen LogP contribution in [0, 0.1) is 0 Å². The summed E-state index contributed by atoms with van der Waals surface area (Å²) in [5.74, 6) is 0.499. The van der Waals surface area contributed by atoms with E-state index in [0.29, 0.717) is 18.8 Å². The highest BCUT2D eigenvalue weighted by Gasteiger charge is 2.28. The Morgan fingerprint density at radius 2 is 1.90 bits per heavy atom. The van der Waals surface area contributed by atoms with E-state index in [2.05, 4.69) is 10.4 Å². The molecule has 1 aromatic carbocycles. The minimum atomic E-state index is -0.540. The van der Waals surface area contributed by atoms with Crippen LogP contribution in [0.1, 0.15) is 44.1 Å². The van der Waals surface area contributed by atoms with Crippen LogP contribution in [0.2, 0.25) is 0 Å². The number of rotatable bonds is 4. The number of methoxy groups -OCH3 is 1. The number of carbonyl (C=O) groups excluding carboxylic acids is 2. The van der Waals surface area contributed by atoms with Gasteiger partial charge in [-0.25, -0.2) is 9.48 Å². The van der Waals surface area contributed by atoms with Gasteiger partial charge in [-0.2, -0.15) is 5.10 Å². The van der Waals surface area contributed by atoms with E-state index in [9.17, 15) is 9.59 Å². The lowest BCUT2D eigenvalue weighted by atomic mass is 10.1. The molecule has 8 heteroatoms. The molecule has 1 fully saturated rings. The summed E-state index contributed by atoms with van der Waals surface area (Å²) in [7, 11) is 1.61. The van der Waals surface area contributed by atoms with Crippen LogP contribution in [0.15, 0.2) is 36.5 Å². The molecule has 2 amide bonds. The van der Waals surface area contributed by atoms with Crippen molar-refractivity contribution in [1.82, 2.24) is 20.0 Å². The first-order valence-electron chi connectivity index (χ1n) is 9.74. The summed E-state index contributed by atoms with van der Waals surface area (Å²) in [5.41, 5.74) is 0.621. The number of piperidine rings is 1. The van der Waals surface area contributed by atoms with Gasteiger partial charge < -0.3 is 19.7 Å². The molecule has 1 aliphatic rings. The maximum Gasteiger partial charge on any atom is 0.410 e. The molecule has 1 N–H and O–H groups in total. The Kier molecular flexibility index (Phi) is 6.10. The first-order valence-corrected chi connectivity index (χ1v) is 9.74. The number of likely N-dealkylation sites (tertiary alicyclic amines) is 1. The Hall–Kier alpha value is -3.03. The monoisotopic (exact) mass is 400 g/mol. The summed E-state index contributed by atoms with van der Waals surface area (Å²) < 4.78 is 12.2. The number of nitrogens with zero attached hydrogens (tertiary/aromatic N) is 3. The lowest BCUT2D eigenvalue weighted by Crippen LogP contribution is -2.50. The minimum absolute atomic E-state index is 0.130. The lowest BCUT2D eigenvalue weighted by molar-refractivity contribution is 0.0185. The van der Waals surface area contributed by atoms with Crippen molar-refractivity contribution < 1.29 is 19.1 Å². The van der Waals surface area contributed by atoms with Gasteiger partial charge in [-0.3, -0.25) is 4.79 Å². The quantitative estimate of drug-likeness (QED) is 0.853. The number of ether oxygens (including phenoxy) is 2. The van der Waals surface area contributed by atoms with E-state index in [0.717, 1.165) is 24.3 Å². The van der Waals surface area contributed by atoms with E-state index in [1.807, 2.05) is 45.0 Å². The van der Waals surface area contributed by atoms with Crippen LogP contribution in [-0.4, -0.2) is 58.5 Å². The van der Waals surface area contributed by atoms with Gasteiger partial charge in [-0.05, 0) is 63.9 Å². The van der Waals surface area contributed by atoms with Gasteiger partial charge in [-0.1, -0.05) is 0 Å². The molecule has 2 aromatic rings. The first kappa shape index (κ1) is 20.7. The molecule has 0 unspecified atom stereocenters. The van der Waals surface area contributed by atoms with Crippen LogP contribution in [0.25, 0.3) is 5.69 Å². The van der Waals surface area contributed by atoms with Crippen molar-refractivity contribution in [2.24, 2.45) is 0 Å². The molecule has 1 atom stereocenters. The second-order valence-electron chi connectivity index (χ2n) is 8.08. The van der Waals surface area contributed by atoms with Gasteiger partial charge in [0, 0.05) is 25.3 Å². The van der Waals surface area contributed by atoms with Crippen molar-refractivity contribution in [2.45, 2.75) is 45.3 Å². The maximum absolute atomic E-state index is 12.6. The zero-order chi connectivity index (χ0) is 21.0. The Morgan fingerprint density at radius 3 is 2.55 bits per heavy atom. The largest absolute Gasteiger partial charge is 0.497 e. The van der Waals surface area contributed by atoms with E-state index in [1.54, 1.807) is 29.0 Å². The standard InChI is InChI=1S/C21H28N4O4/c1-21(2,3)29-20(27)24-12-5-6-15(14-24)22-19(26)18-11-13-25(23-18)16-7-9-17(28-4)10-8-16/h7-11,13,15H,5-6,12,14H2,1-4H3,(H,22,26)/t15-/m0/s1. The summed E-state index contributed by atoms with van der Waals surface area (Å²) in [5, 5.41) is 7.34. The Labute approximate surface area is 170 Å². The van der Waals surface area contributed by atoms with Crippen LogP contribution in [0.3, 0.4) is 0 Å². The van der Waals surface area contributed by atoms with E-state index in [1.165, 1.54) is 0 Å². The zero-order valence-corrected chi connectivity index (χ0v) is 17.3. The highest BCUT2D eigenvalue weighted by Crippen LogP contribution is 2.17. The van der Waals surface area contributed by atoms with Crippen molar-refractivity contribution in [3.8, 4) is 11.4 Å². The summed E-state index contributed by atoms with van der Waals surface area (Å²) in [4.78, 5) is 26.6. The second-order valence-corrected chi connectivity index (χ2v) is 8.08. The van der Waals surface area contributed by atoms with Crippen LogP contribution in [-0.2, 0) is 4.74 Å². The SMILES string of the molecule is COc1ccc(-n2ccc(C(=O)N[C@H]3CCCN(C(=O)OC(C)(C)C)C3)n2)cc1. The van der Waals surface area contributed by atoms with Gasteiger partial charge in [0.25, 0.3) is 5.91 Å². The number of hydrogen-bond acceptors (Lipinski definition) is 5. The van der Waals surface area contributed by atoms with Gasteiger partial charge >= 0.3 is 6.09 Å². The first-order chi connectivity index (χ1) is 13.7. The minimum Gasteiger partial charge on any atom is -0.497 e. The summed E-state index contributed by atoms with van der Waals surface area (Å²) in [6.07, 6.45) is 3.01. The van der Waals surface area contributed by atoms with Crippen LogP contribution >= 0.6 is 0 Å². The summed E-state index contributed by atoms with van der Waals surface area (Å²) >= 11 is 0. The molecule has 156 valence electrons. The van der Waals surface area contributed by atoms with Crippen LogP contribution < -0.4 is 10.1 Å². The smallest absolute Gasteiger partial charge is 0.410 e. The molecule has 0 radical (unpaired) electrons. The third-order valence-electron chi connectivity index (χ3n) is 4.57. The molecule has 8 nitrogen and oxygen atoms in total. The molecule has 0 aliphatic carbocycles. The number of hydrogen-bond donors (Lipinski definition) is 1. The maximum atomic E-state index is 12.6. The topological polar surface area (TPSA) is 85.7 Å². The van der Waals surface area contributed by atoms with E-state index in [4.69, 9.17) is 9.47 Å². The van der Waals surface area contributed by atoms with Gasteiger partial charge in [0.1, 0.15) is 11.4 Å².